The second-order valence-corrected chi connectivity index (χ2v) is 4.32. The molecule has 20 heavy (non-hydrogen) atoms. The Bertz CT molecular complexity index is 582. The van der Waals surface area contributed by atoms with Crippen LogP contribution in [-0.4, -0.2) is 19.0 Å². The molecule has 104 valence electrons. The van der Waals surface area contributed by atoms with Gasteiger partial charge in [0.1, 0.15) is 24.7 Å². The van der Waals surface area contributed by atoms with Crippen LogP contribution in [0, 0.1) is 0 Å². The number of nitrogens with two attached hydrogens (primary N) is 1. The lowest BCUT2D eigenvalue weighted by Gasteiger charge is -2.11. The molecule has 2 rings (SSSR count). The molecule has 0 atom stereocenters. The van der Waals surface area contributed by atoms with Gasteiger partial charge in [0.2, 0.25) is 0 Å². The summed E-state index contributed by atoms with van der Waals surface area (Å²) in [5, 5.41) is 0. The first kappa shape index (κ1) is 13.9. The van der Waals surface area contributed by atoms with Crippen molar-refractivity contribution in [2.24, 2.45) is 0 Å². The fraction of sp³-hybridized carbons (Fsp3) is 0.188. The van der Waals surface area contributed by atoms with Gasteiger partial charge in [-0.1, -0.05) is 18.2 Å². The Balaban J connectivity index is 1.90. The van der Waals surface area contributed by atoms with Crippen molar-refractivity contribution in [3.63, 3.8) is 0 Å². The third-order valence-electron chi connectivity index (χ3n) is 2.74. The lowest BCUT2D eigenvalue weighted by Crippen LogP contribution is -2.11. The Morgan fingerprint density at radius 2 is 1.75 bits per heavy atom. The van der Waals surface area contributed by atoms with E-state index in [2.05, 4.69) is 0 Å². The summed E-state index contributed by atoms with van der Waals surface area (Å²) in [4.78, 5) is 11.5. The van der Waals surface area contributed by atoms with Gasteiger partial charge in [-0.3, -0.25) is 4.79 Å². The van der Waals surface area contributed by atoms with Crippen LogP contribution < -0.4 is 15.2 Å². The summed E-state index contributed by atoms with van der Waals surface area (Å²) in [5.74, 6) is 1.25. The average molecular weight is 271 g/mol. The number of ether oxygens (including phenoxy) is 2. The molecule has 2 aromatic rings. The SMILES string of the molecule is CC(=O)c1cc(N)ccc1OCCOc1ccccc1. The Morgan fingerprint density at radius 1 is 1.05 bits per heavy atom. The van der Waals surface area contributed by atoms with Crippen LogP contribution in [0.4, 0.5) is 5.69 Å². The Morgan fingerprint density at radius 3 is 2.45 bits per heavy atom. The van der Waals surface area contributed by atoms with Crippen LogP contribution in [0.25, 0.3) is 0 Å². The van der Waals surface area contributed by atoms with Crippen LogP contribution in [0.5, 0.6) is 11.5 Å². The molecule has 0 aromatic heterocycles. The highest BCUT2D eigenvalue weighted by atomic mass is 16.5. The topological polar surface area (TPSA) is 61.6 Å². The molecule has 0 unspecified atom stereocenters. The monoisotopic (exact) mass is 271 g/mol. The number of Topliss-reactive ketones (excluding diaryl/α,β-unsaturated/α-hetero) is 1. The Hall–Kier alpha value is -2.49. The molecule has 2 aromatic carbocycles. The number of ketones is 1. The molecule has 4 nitrogen and oxygen atoms in total. The highest BCUT2D eigenvalue weighted by Crippen LogP contribution is 2.22. The van der Waals surface area contributed by atoms with Gasteiger partial charge in [0, 0.05) is 5.69 Å². The van der Waals surface area contributed by atoms with Gasteiger partial charge in [-0.15, -0.1) is 0 Å². The van der Waals surface area contributed by atoms with Crippen LogP contribution >= 0.6 is 0 Å². The fourth-order valence-corrected chi connectivity index (χ4v) is 1.78. The summed E-state index contributed by atoms with van der Waals surface area (Å²) in [6.07, 6.45) is 0. The van der Waals surface area contributed by atoms with Crippen molar-refractivity contribution in [3.8, 4) is 11.5 Å². The van der Waals surface area contributed by atoms with Crippen LogP contribution in [0.1, 0.15) is 17.3 Å². The van der Waals surface area contributed by atoms with E-state index >= 15 is 0 Å². The van der Waals surface area contributed by atoms with E-state index in [4.69, 9.17) is 15.2 Å². The summed E-state index contributed by atoms with van der Waals surface area (Å²) < 4.78 is 11.1. The normalized spacial score (nSPS) is 10.1. The number of para-hydroxylation sites is 1. The molecule has 4 heteroatoms. The van der Waals surface area contributed by atoms with Crippen molar-refractivity contribution in [2.75, 3.05) is 18.9 Å². The molecule has 2 N–H and O–H groups in total. The molecule has 0 saturated carbocycles. The minimum absolute atomic E-state index is 0.0729. The highest BCUT2D eigenvalue weighted by molar-refractivity contribution is 5.97. The van der Waals surface area contributed by atoms with Gasteiger partial charge in [-0.25, -0.2) is 0 Å². The van der Waals surface area contributed by atoms with E-state index in [0.29, 0.717) is 30.2 Å². The number of nitrogen functional groups attached to an aromatic ring is 1. The quantitative estimate of drug-likeness (QED) is 0.498. The smallest absolute Gasteiger partial charge is 0.163 e. The van der Waals surface area contributed by atoms with E-state index in [0.717, 1.165) is 5.75 Å². The number of carbonyl (C=O) groups is 1. The maximum Gasteiger partial charge on any atom is 0.163 e. The van der Waals surface area contributed by atoms with Crippen LogP contribution in [0.3, 0.4) is 0 Å². The number of hydrogen-bond donors (Lipinski definition) is 1. The average Bonchev–Trinajstić information content (AvgIpc) is 2.45. The third kappa shape index (κ3) is 3.75. The number of rotatable bonds is 6. The molecule has 0 heterocycles. The largest absolute Gasteiger partial charge is 0.490 e. The van der Waals surface area contributed by atoms with E-state index in [1.165, 1.54) is 6.92 Å². The highest BCUT2D eigenvalue weighted by Gasteiger charge is 2.08. The van der Waals surface area contributed by atoms with E-state index in [1.54, 1.807) is 18.2 Å². The van der Waals surface area contributed by atoms with Gasteiger partial charge >= 0.3 is 0 Å². The van der Waals surface area contributed by atoms with Crippen molar-refractivity contribution in [1.29, 1.82) is 0 Å². The van der Waals surface area contributed by atoms with E-state index in [1.807, 2.05) is 30.3 Å². The zero-order valence-electron chi connectivity index (χ0n) is 11.3. The van der Waals surface area contributed by atoms with E-state index < -0.39 is 0 Å². The van der Waals surface area contributed by atoms with E-state index in [9.17, 15) is 4.79 Å². The van der Waals surface area contributed by atoms with Crippen molar-refractivity contribution in [3.05, 3.63) is 54.1 Å². The molecule has 0 aliphatic rings. The molecule has 0 aliphatic heterocycles. The molecule has 0 fully saturated rings. The van der Waals surface area contributed by atoms with Crippen LogP contribution in [0.15, 0.2) is 48.5 Å². The molecular formula is C16H17NO3. The summed E-state index contributed by atoms with van der Waals surface area (Å²) >= 11 is 0. The molecule has 0 amide bonds. The zero-order valence-corrected chi connectivity index (χ0v) is 11.3. The van der Waals surface area contributed by atoms with Gasteiger partial charge in [0.05, 0.1) is 5.56 Å². The molecule has 0 aliphatic carbocycles. The van der Waals surface area contributed by atoms with E-state index in [-0.39, 0.29) is 5.78 Å². The predicted molar refractivity (Wildman–Crippen MR) is 78.3 cm³/mol. The lowest BCUT2D eigenvalue weighted by atomic mass is 10.1. The minimum atomic E-state index is -0.0729. The molecule has 0 radical (unpaired) electrons. The Labute approximate surface area is 118 Å². The summed E-state index contributed by atoms with van der Waals surface area (Å²) in [6.45, 7) is 2.26. The molecule has 0 saturated heterocycles. The number of benzene rings is 2. The fourth-order valence-electron chi connectivity index (χ4n) is 1.78. The zero-order chi connectivity index (χ0) is 14.4. The van der Waals surface area contributed by atoms with Crippen molar-refractivity contribution < 1.29 is 14.3 Å². The maximum atomic E-state index is 11.5. The first-order valence-electron chi connectivity index (χ1n) is 6.38. The summed E-state index contributed by atoms with van der Waals surface area (Å²) in [6, 6.07) is 14.5. The number of hydrogen-bond acceptors (Lipinski definition) is 4. The Kier molecular flexibility index (Phi) is 4.60. The van der Waals surface area contributed by atoms with Gasteiger partial charge in [-0.2, -0.15) is 0 Å². The van der Waals surface area contributed by atoms with Crippen molar-refractivity contribution >= 4 is 11.5 Å². The standard InChI is InChI=1S/C16H17NO3/c1-12(18)15-11-13(17)7-8-16(15)20-10-9-19-14-5-3-2-4-6-14/h2-8,11H,9-10,17H2,1H3. The van der Waals surface area contributed by atoms with Crippen LogP contribution in [-0.2, 0) is 0 Å². The van der Waals surface area contributed by atoms with Gasteiger partial charge in [-0.05, 0) is 37.3 Å². The predicted octanol–water partition coefficient (Wildman–Crippen LogP) is 2.93. The first-order chi connectivity index (χ1) is 9.66. The number of carbonyl (C=O) groups excluding carboxylic acids is 1. The summed E-state index contributed by atoms with van der Waals surface area (Å²) in [5.41, 5.74) is 6.70. The minimum Gasteiger partial charge on any atom is -0.490 e. The van der Waals surface area contributed by atoms with Crippen molar-refractivity contribution in [1.82, 2.24) is 0 Å². The number of anilines is 1. The maximum absolute atomic E-state index is 11.5. The van der Waals surface area contributed by atoms with Gasteiger partial charge < -0.3 is 15.2 Å². The summed E-state index contributed by atoms with van der Waals surface area (Å²) in [7, 11) is 0. The van der Waals surface area contributed by atoms with Crippen LogP contribution in [0.2, 0.25) is 0 Å². The molecular weight excluding hydrogens is 254 g/mol. The third-order valence-corrected chi connectivity index (χ3v) is 2.74. The van der Waals surface area contributed by atoms with Gasteiger partial charge in [0.25, 0.3) is 0 Å². The lowest BCUT2D eigenvalue weighted by molar-refractivity contribution is 0.101. The molecule has 0 bridgehead atoms. The second-order valence-electron chi connectivity index (χ2n) is 4.32. The first-order valence-corrected chi connectivity index (χ1v) is 6.38. The van der Waals surface area contributed by atoms with Gasteiger partial charge in [0.15, 0.2) is 5.78 Å². The van der Waals surface area contributed by atoms with Crippen molar-refractivity contribution in [2.45, 2.75) is 6.92 Å². The second kappa shape index (κ2) is 6.61. The molecule has 0 spiro atoms.